The molecule has 1 N–H and O–H groups in total. The van der Waals surface area contributed by atoms with Crippen molar-refractivity contribution in [3.05, 3.63) is 33.5 Å². The van der Waals surface area contributed by atoms with Crippen LogP contribution in [0.15, 0.2) is 23.1 Å². The van der Waals surface area contributed by atoms with Gasteiger partial charge in [-0.05, 0) is 56.2 Å². The van der Waals surface area contributed by atoms with Gasteiger partial charge in [-0.25, -0.2) is 4.98 Å². The molecule has 0 radical (unpaired) electrons. The van der Waals surface area contributed by atoms with Gasteiger partial charge in [0.15, 0.2) is 4.77 Å². The number of H-pyrrole nitrogens is 1. The zero-order valence-corrected chi connectivity index (χ0v) is 13.0. The van der Waals surface area contributed by atoms with Crippen LogP contribution < -0.4 is 5.56 Å². The number of hydrogen-bond acceptors (Lipinski definition) is 4. The van der Waals surface area contributed by atoms with Crippen molar-refractivity contribution in [3.63, 3.8) is 0 Å². The lowest BCUT2D eigenvalue weighted by molar-refractivity contribution is 0.185. The molecular weight excluding hydrogens is 284 g/mol. The first-order valence-corrected chi connectivity index (χ1v) is 7.86. The third-order valence-corrected chi connectivity index (χ3v) is 4.59. The summed E-state index contributed by atoms with van der Waals surface area (Å²) >= 11 is 5.30. The summed E-state index contributed by atoms with van der Waals surface area (Å²) in [6, 6.07) is 3.56. The Morgan fingerprint density at radius 1 is 1.38 bits per heavy atom. The zero-order chi connectivity index (χ0) is 14.8. The van der Waals surface area contributed by atoms with Crippen LogP contribution in [0.4, 0.5) is 0 Å². The largest absolute Gasteiger partial charge is 0.316 e. The van der Waals surface area contributed by atoms with E-state index in [0.717, 1.165) is 25.6 Å². The summed E-state index contributed by atoms with van der Waals surface area (Å²) in [4.78, 5) is 22.1. The monoisotopic (exact) mass is 304 g/mol. The van der Waals surface area contributed by atoms with E-state index in [9.17, 15) is 4.79 Å². The number of fused-ring (bicyclic) bond motifs is 1. The van der Waals surface area contributed by atoms with Crippen LogP contribution in [-0.2, 0) is 6.54 Å². The Morgan fingerprint density at radius 3 is 2.90 bits per heavy atom. The SMILES string of the molecule is CC1CCN(CCn2c(=S)[nH]c3ncccc3c2=O)CC1. The summed E-state index contributed by atoms with van der Waals surface area (Å²) in [5.74, 6) is 0.818. The molecule has 0 atom stereocenters. The second kappa shape index (κ2) is 6.07. The van der Waals surface area contributed by atoms with Gasteiger partial charge in [0.1, 0.15) is 5.65 Å². The molecule has 3 heterocycles. The summed E-state index contributed by atoms with van der Waals surface area (Å²) in [5, 5.41) is 0.596. The Hall–Kier alpha value is -1.53. The number of aromatic nitrogens is 3. The summed E-state index contributed by atoms with van der Waals surface area (Å²) < 4.78 is 2.11. The van der Waals surface area contributed by atoms with Gasteiger partial charge in [0.2, 0.25) is 0 Å². The fourth-order valence-corrected chi connectivity index (χ4v) is 3.08. The Kier molecular flexibility index (Phi) is 4.17. The van der Waals surface area contributed by atoms with Crippen molar-refractivity contribution < 1.29 is 0 Å². The maximum absolute atomic E-state index is 12.5. The van der Waals surface area contributed by atoms with Crippen LogP contribution in [0, 0.1) is 10.7 Å². The highest BCUT2D eigenvalue weighted by molar-refractivity contribution is 7.71. The van der Waals surface area contributed by atoms with Gasteiger partial charge in [-0.15, -0.1) is 0 Å². The maximum atomic E-state index is 12.5. The van der Waals surface area contributed by atoms with E-state index in [4.69, 9.17) is 12.2 Å². The zero-order valence-electron chi connectivity index (χ0n) is 12.2. The van der Waals surface area contributed by atoms with E-state index < -0.39 is 0 Å². The number of likely N-dealkylation sites (tertiary alicyclic amines) is 1. The van der Waals surface area contributed by atoms with E-state index in [1.54, 1.807) is 22.9 Å². The fraction of sp³-hybridized carbons (Fsp3) is 0.533. The van der Waals surface area contributed by atoms with E-state index in [1.807, 2.05) is 0 Å². The molecule has 0 amide bonds. The smallest absolute Gasteiger partial charge is 0.263 e. The predicted octanol–water partition coefficient (Wildman–Crippen LogP) is 2.19. The molecule has 6 heteroatoms. The van der Waals surface area contributed by atoms with Crippen molar-refractivity contribution in [1.29, 1.82) is 0 Å². The van der Waals surface area contributed by atoms with Gasteiger partial charge in [-0.2, -0.15) is 0 Å². The highest BCUT2D eigenvalue weighted by Gasteiger charge is 2.15. The van der Waals surface area contributed by atoms with Crippen molar-refractivity contribution in [3.8, 4) is 0 Å². The van der Waals surface area contributed by atoms with Crippen LogP contribution in [0.2, 0.25) is 0 Å². The van der Waals surface area contributed by atoms with Crippen LogP contribution in [-0.4, -0.2) is 39.1 Å². The van der Waals surface area contributed by atoms with Gasteiger partial charge in [0.05, 0.1) is 5.39 Å². The molecule has 1 aliphatic rings. The molecule has 0 unspecified atom stereocenters. The Labute approximate surface area is 128 Å². The molecule has 1 fully saturated rings. The van der Waals surface area contributed by atoms with Gasteiger partial charge < -0.3 is 9.88 Å². The van der Waals surface area contributed by atoms with Gasteiger partial charge in [-0.3, -0.25) is 9.36 Å². The third kappa shape index (κ3) is 3.06. The van der Waals surface area contributed by atoms with E-state index in [-0.39, 0.29) is 5.56 Å². The fourth-order valence-electron chi connectivity index (χ4n) is 2.81. The van der Waals surface area contributed by atoms with Crippen molar-refractivity contribution >= 4 is 23.3 Å². The van der Waals surface area contributed by atoms with Gasteiger partial charge >= 0.3 is 0 Å². The molecular formula is C15H20N4OS. The number of nitrogens with zero attached hydrogens (tertiary/aromatic N) is 3. The number of piperidine rings is 1. The topological polar surface area (TPSA) is 53.9 Å². The number of rotatable bonds is 3. The summed E-state index contributed by atoms with van der Waals surface area (Å²) in [5.41, 5.74) is 0.516. The molecule has 21 heavy (non-hydrogen) atoms. The number of nitrogens with one attached hydrogen (secondary N) is 1. The van der Waals surface area contributed by atoms with E-state index >= 15 is 0 Å². The van der Waals surface area contributed by atoms with Crippen molar-refractivity contribution in [2.45, 2.75) is 26.3 Å². The molecule has 5 nitrogen and oxygen atoms in total. The van der Waals surface area contributed by atoms with Crippen molar-refractivity contribution in [2.24, 2.45) is 5.92 Å². The van der Waals surface area contributed by atoms with Crippen LogP contribution >= 0.6 is 12.2 Å². The number of hydrogen-bond donors (Lipinski definition) is 1. The normalized spacial score (nSPS) is 17.4. The van der Waals surface area contributed by atoms with E-state index in [2.05, 4.69) is 21.8 Å². The quantitative estimate of drug-likeness (QED) is 0.883. The third-order valence-electron chi connectivity index (χ3n) is 4.27. The molecule has 112 valence electrons. The first kappa shape index (κ1) is 14.4. The first-order valence-electron chi connectivity index (χ1n) is 7.45. The highest BCUT2D eigenvalue weighted by Crippen LogP contribution is 2.15. The summed E-state index contributed by atoms with van der Waals surface area (Å²) in [7, 11) is 0. The minimum Gasteiger partial charge on any atom is -0.316 e. The van der Waals surface area contributed by atoms with Crippen LogP contribution in [0.5, 0.6) is 0 Å². The first-order chi connectivity index (χ1) is 10.1. The minimum absolute atomic E-state index is 0.0489. The van der Waals surface area contributed by atoms with Gasteiger partial charge in [-0.1, -0.05) is 6.92 Å². The second-order valence-electron chi connectivity index (χ2n) is 5.81. The molecule has 0 spiro atoms. The maximum Gasteiger partial charge on any atom is 0.263 e. The molecule has 2 aromatic rings. The highest BCUT2D eigenvalue weighted by atomic mass is 32.1. The average Bonchev–Trinajstić information content (AvgIpc) is 2.49. The lowest BCUT2D eigenvalue weighted by atomic mass is 9.99. The molecule has 0 saturated carbocycles. The average molecular weight is 304 g/mol. The lowest BCUT2D eigenvalue weighted by Gasteiger charge is -2.30. The van der Waals surface area contributed by atoms with Crippen LogP contribution in [0.1, 0.15) is 19.8 Å². The van der Waals surface area contributed by atoms with Crippen LogP contribution in [0.3, 0.4) is 0 Å². The van der Waals surface area contributed by atoms with E-state index in [1.165, 1.54) is 12.8 Å². The van der Waals surface area contributed by atoms with Crippen LogP contribution in [0.25, 0.3) is 11.0 Å². The molecule has 1 aliphatic heterocycles. The van der Waals surface area contributed by atoms with Gasteiger partial charge in [0, 0.05) is 19.3 Å². The minimum atomic E-state index is -0.0489. The van der Waals surface area contributed by atoms with Crippen molar-refractivity contribution in [2.75, 3.05) is 19.6 Å². The number of pyridine rings is 1. The summed E-state index contributed by atoms with van der Waals surface area (Å²) in [6.07, 6.45) is 4.14. The Balaban J connectivity index is 1.81. The second-order valence-corrected chi connectivity index (χ2v) is 6.20. The van der Waals surface area contributed by atoms with E-state index in [0.29, 0.717) is 22.3 Å². The molecule has 2 aromatic heterocycles. The van der Waals surface area contributed by atoms with Crippen molar-refractivity contribution in [1.82, 2.24) is 19.4 Å². The number of aromatic amines is 1. The molecule has 0 aromatic carbocycles. The molecule has 1 saturated heterocycles. The Morgan fingerprint density at radius 2 is 2.14 bits per heavy atom. The Bertz CT molecular complexity index is 743. The molecule has 3 rings (SSSR count). The standard InChI is InChI=1S/C15H20N4OS/c1-11-4-7-18(8-5-11)9-10-19-14(20)12-3-2-6-16-13(12)17-15(19)21/h2-3,6,11H,4-5,7-10H2,1H3,(H,16,17,21). The molecule has 0 aliphatic carbocycles. The van der Waals surface area contributed by atoms with Gasteiger partial charge in [0.25, 0.3) is 5.56 Å². The predicted molar refractivity (Wildman–Crippen MR) is 86.0 cm³/mol. The molecule has 0 bridgehead atoms. The summed E-state index contributed by atoms with van der Waals surface area (Å²) in [6.45, 7) is 6.03. The lowest BCUT2D eigenvalue weighted by Crippen LogP contribution is -2.37.